The fourth-order valence-corrected chi connectivity index (χ4v) is 5.58. The van der Waals surface area contributed by atoms with Crippen LogP contribution in [0.4, 0.5) is 28.0 Å². The van der Waals surface area contributed by atoms with Crippen LogP contribution in [0, 0.1) is 5.82 Å². The third-order valence-corrected chi connectivity index (χ3v) is 7.73. The van der Waals surface area contributed by atoms with E-state index in [9.17, 15) is 22.4 Å². The van der Waals surface area contributed by atoms with Crippen molar-refractivity contribution in [3.8, 4) is 22.8 Å². The van der Waals surface area contributed by atoms with Crippen LogP contribution >= 0.6 is 11.8 Å². The third-order valence-electron chi connectivity index (χ3n) is 6.54. The maximum Gasteiger partial charge on any atom is 0.573 e. The number of urea groups is 1. The maximum absolute atomic E-state index is 13.9. The maximum atomic E-state index is 13.9. The zero-order valence-electron chi connectivity index (χ0n) is 23.8. The lowest BCUT2D eigenvalue weighted by molar-refractivity contribution is -0.274. The molecule has 0 radical (unpaired) electrons. The van der Waals surface area contributed by atoms with Gasteiger partial charge in [-0.1, -0.05) is 49.9 Å². The first kappa shape index (κ1) is 30.7. The van der Waals surface area contributed by atoms with Gasteiger partial charge in [-0.15, -0.1) is 18.3 Å². The number of anilines is 1. The van der Waals surface area contributed by atoms with E-state index in [0.29, 0.717) is 27.8 Å². The van der Waals surface area contributed by atoms with Crippen LogP contribution in [-0.2, 0) is 0 Å². The van der Waals surface area contributed by atoms with Gasteiger partial charge >= 0.3 is 12.4 Å². The highest BCUT2D eigenvalue weighted by Crippen LogP contribution is 2.36. The molecule has 1 saturated heterocycles. The van der Waals surface area contributed by atoms with Gasteiger partial charge in [-0.2, -0.15) is 10.1 Å². The molecule has 0 bridgehead atoms. The Morgan fingerprint density at radius 1 is 1.11 bits per heavy atom. The van der Waals surface area contributed by atoms with Gasteiger partial charge < -0.3 is 9.64 Å². The fraction of sp³-hybridized carbons (Fsp3) is 0.233. The molecule has 1 aliphatic heterocycles. The molecule has 1 N–H and O–H groups in total. The van der Waals surface area contributed by atoms with Crippen LogP contribution in [0.5, 0.6) is 5.75 Å². The summed E-state index contributed by atoms with van der Waals surface area (Å²) in [6.45, 7) is 6.00. The van der Waals surface area contributed by atoms with Gasteiger partial charge in [0.1, 0.15) is 17.9 Å². The summed E-state index contributed by atoms with van der Waals surface area (Å²) in [6, 6.07) is 16.4. The average molecular weight is 626 g/mol. The Morgan fingerprint density at radius 3 is 2.52 bits per heavy atom. The molecule has 2 amide bonds. The predicted octanol–water partition coefficient (Wildman–Crippen LogP) is 7.14. The molecule has 1 atom stereocenters. The smallest absolute Gasteiger partial charge is 0.406 e. The topological polar surface area (TPSA) is 97.0 Å². The molecule has 4 aromatic rings. The molecule has 1 aliphatic rings. The Labute approximate surface area is 254 Å². The molecule has 0 spiro atoms. The number of aromatic nitrogens is 3. The number of aliphatic imine (C=N–C) groups is 1. The van der Waals surface area contributed by atoms with Crippen LogP contribution in [0.3, 0.4) is 0 Å². The Morgan fingerprint density at radius 2 is 1.84 bits per heavy atom. The minimum absolute atomic E-state index is 0.0656. The molecule has 228 valence electrons. The van der Waals surface area contributed by atoms with Gasteiger partial charge in [-0.25, -0.2) is 24.3 Å². The monoisotopic (exact) mass is 625 g/mol. The molecule has 1 aromatic heterocycles. The predicted molar refractivity (Wildman–Crippen MR) is 162 cm³/mol. The van der Waals surface area contributed by atoms with Crippen molar-refractivity contribution < 1.29 is 27.1 Å². The van der Waals surface area contributed by atoms with Crippen molar-refractivity contribution >= 4 is 34.9 Å². The van der Waals surface area contributed by atoms with Crippen molar-refractivity contribution in [2.24, 2.45) is 10.1 Å². The van der Waals surface area contributed by atoms with E-state index in [-0.39, 0.29) is 23.5 Å². The molecule has 1 fully saturated rings. The van der Waals surface area contributed by atoms with E-state index in [1.165, 1.54) is 65.4 Å². The van der Waals surface area contributed by atoms with Gasteiger partial charge in [0.2, 0.25) is 0 Å². The van der Waals surface area contributed by atoms with Crippen molar-refractivity contribution in [3.63, 3.8) is 0 Å². The normalized spacial score (nSPS) is 16.3. The van der Waals surface area contributed by atoms with Gasteiger partial charge in [0.25, 0.3) is 0 Å². The van der Waals surface area contributed by atoms with Crippen molar-refractivity contribution in [3.05, 3.63) is 90.0 Å². The van der Waals surface area contributed by atoms with E-state index >= 15 is 0 Å². The fourth-order valence-electron chi connectivity index (χ4n) is 4.47. The number of hydrogen-bond acceptors (Lipinski definition) is 6. The minimum Gasteiger partial charge on any atom is -0.406 e. The number of nitrogens with zero attached hydrogens (tertiary/aromatic N) is 6. The number of carbonyl (C=O) groups is 1. The molecule has 2 heterocycles. The first-order valence-corrected chi connectivity index (χ1v) is 14.5. The summed E-state index contributed by atoms with van der Waals surface area (Å²) >= 11 is 1.45. The summed E-state index contributed by atoms with van der Waals surface area (Å²) < 4.78 is 56.4. The highest BCUT2D eigenvalue weighted by Gasteiger charge is 2.32. The molecule has 0 aliphatic carbocycles. The van der Waals surface area contributed by atoms with Gasteiger partial charge in [0, 0.05) is 23.0 Å². The van der Waals surface area contributed by atoms with E-state index < -0.39 is 12.4 Å². The number of hydrogen-bond donors (Lipinski definition) is 1. The molecule has 5 rings (SSSR count). The van der Waals surface area contributed by atoms with E-state index in [1.54, 1.807) is 30.3 Å². The number of benzene rings is 3. The van der Waals surface area contributed by atoms with E-state index in [2.05, 4.69) is 30.3 Å². The molecule has 3 aromatic carbocycles. The largest absolute Gasteiger partial charge is 0.573 e. The number of nitrogens with one attached hydrogen (secondary N) is 1. The van der Waals surface area contributed by atoms with Gasteiger partial charge in [0.15, 0.2) is 11.0 Å². The number of rotatable bonds is 7. The number of carbonyl (C=O) groups excluding carboxylic acids is 1. The summed E-state index contributed by atoms with van der Waals surface area (Å²) in [6.07, 6.45) is -1.85. The summed E-state index contributed by atoms with van der Waals surface area (Å²) in [5.74, 6) is 0.573. The summed E-state index contributed by atoms with van der Waals surface area (Å²) in [5.41, 5.74) is 5.98. The summed E-state index contributed by atoms with van der Waals surface area (Å²) in [7, 11) is 0. The Bertz CT molecular complexity index is 1690. The summed E-state index contributed by atoms with van der Waals surface area (Å²) in [4.78, 5) is 23.0. The number of amides is 2. The van der Waals surface area contributed by atoms with Crippen LogP contribution < -0.4 is 15.1 Å². The van der Waals surface area contributed by atoms with Crippen LogP contribution in [0.1, 0.15) is 37.8 Å². The zero-order chi connectivity index (χ0) is 31.4. The second-order valence-corrected chi connectivity index (χ2v) is 11.1. The molecule has 1 unspecified atom stereocenters. The Hall–Kier alpha value is -4.72. The Balaban J connectivity index is 1.21. The average Bonchev–Trinajstić information content (AvgIpc) is 3.60. The molecule has 0 saturated carbocycles. The van der Waals surface area contributed by atoms with Crippen LogP contribution in [0.25, 0.3) is 17.1 Å². The molecular weight excluding hydrogens is 598 g/mol. The minimum atomic E-state index is -4.77. The van der Waals surface area contributed by atoms with Gasteiger partial charge in [0.05, 0.1) is 11.9 Å². The van der Waals surface area contributed by atoms with Crippen LogP contribution in [-0.4, -0.2) is 50.3 Å². The SMILES string of the molecule is CC(C)c1cc(F)ccc1N1C(=NC(=O)N/N=C/c2ccc(-c3ncn(-c4ccc(OC(F)(F)F)cc4)n3)cc2)SCC1C. The van der Waals surface area contributed by atoms with Crippen molar-refractivity contribution in [1.82, 2.24) is 20.2 Å². The van der Waals surface area contributed by atoms with Crippen molar-refractivity contribution in [1.29, 1.82) is 0 Å². The third kappa shape index (κ3) is 7.43. The molecular formula is C30H27F4N7O2S. The van der Waals surface area contributed by atoms with Gasteiger partial charge in [-0.3, -0.25) is 0 Å². The van der Waals surface area contributed by atoms with Crippen LogP contribution in [0.15, 0.2) is 83.2 Å². The number of hydrazone groups is 1. The number of ether oxygens (including phenoxy) is 1. The second-order valence-electron chi connectivity index (χ2n) is 10.1. The first-order chi connectivity index (χ1) is 21.0. The van der Waals surface area contributed by atoms with E-state index in [4.69, 9.17) is 0 Å². The number of alkyl halides is 3. The van der Waals surface area contributed by atoms with Gasteiger partial charge in [-0.05, 0) is 66.4 Å². The highest BCUT2D eigenvalue weighted by atomic mass is 32.2. The van der Waals surface area contributed by atoms with Crippen molar-refractivity contribution in [2.45, 2.75) is 39.1 Å². The summed E-state index contributed by atoms with van der Waals surface area (Å²) in [5, 5.41) is 8.91. The van der Waals surface area contributed by atoms with E-state index in [1.807, 2.05) is 25.7 Å². The lowest BCUT2D eigenvalue weighted by atomic mass is 10.00. The number of thioether (sulfide) groups is 1. The molecule has 14 heteroatoms. The molecule has 9 nitrogen and oxygen atoms in total. The number of halogens is 4. The highest BCUT2D eigenvalue weighted by molar-refractivity contribution is 8.14. The number of amidine groups is 1. The van der Waals surface area contributed by atoms with Crippen LogP contribution in [0.2, 0.25) is 0 Å². The standard InChI is InChI=1S/C30H27F4N7O2S/c1-18(2)25-14-22(31)8-13-26(25)41-19(3)16-44-29(41)37-28(42)38-36-15-20-4-6-21(7-5-20)27-35-17-40(39-27)23-9-11-24(12-10-23)43-30(32,33)34/h4-15,17-19H,16H2,1-3H3,(H,38,42)/b36-15+,37-29?. The first-order valence-electron chi connectivity index (χ1n) is 13.5. The van der Waals surface area contributed by atoms with Crippen molar-refractivity contribution in [2.75, 3.05) is 10.7 Å². The lowest BCUT2D eigenvalue weighted by Crippen LogP contribution is -2.33. The molecule has 44 heavy (non-hydrogen) atoms. The Kier molecular flexibility index (Phi) is 8.99. The quantitative estimate of drug-likeness (QED) is 0.133. The van der Waals surface area contributed by atoms with E-state index in [0.717, 1.165) is 17.0 Å². The zero-order valence-corrected chi connectivity index (χ0v) is 24.6. The lowest BCUT2D eigenvalue weighted by Gasteiger charge is -2.27. The second kappa shape index (κ2) is 12.9.